The van der Waals surface area contributed by atoms with Crippen molar-refractivity contribution < 1.29 is 13.2 Å². The summed E-state index contributed by atoms with van der Waals surface area (Å²) in [6.07, 6.45) is -3.85. The van der Waals surface area contributed by atoms with Crippen LogP contribution in [-0.2, 0) is 6.18 Å². The number of rotatable bonds is 4. The fourth-order valence-corrected chi connectivity index (χ4v) is 2.40. The monoisotopic (exact) mass is 378 g/mol. The molecule has 0 radical (unpaired) electrons. The van der Waals surface area contributed by atoms with E-state index in [2.05, 4.69) is 20.6 Å². The van der Waals surface area contributed by atoms with Crippen molar-refractivity contribution in [3.05, 3.63) is 70.9 Å². The highest BCUT2D eigenvalue weighted by Gasteiger charge is 2.35. The van der Waals surface area contributed by atoms with Crippen LogP contribution in [0.2, 0.25) is 5.02 Å². The van der Waals surface area contributed by atoms with Gasteiger partial charge in [0.25, 0.3) is 0 Å². The third-order valence-electron chi connectivity index (χ3n) is 3.49. The lowest BCUT2D eigenvalue weighted by Crippen LogP contribution is -2.12. The molecule has 1 aromatic heterocycles. The lowest BCUT2D eigenvalue weighted by molar-refractivity contribution is -0.137. The van der Waals surface area contributed by atoms with Crippen LogP contribution in [0.1, 0.15) is 11.1 Å². The van der Waals surface area contributed by atoms with E-state index >= 15 is 0 Å². The van der Waals surface area contributed by atoms with Crippen molar-refractivity contribution in [2.75, 3.05) is 10.6 Å². The van der Waals surface area contributed by atoms with Crippen LogP contribution in [-0.4, -0.2) is 9.97 Å². The van der Waals surface area contributed by atoms with Gasteiger partial charge in [-0.25, -0.2) is 4.98 Å². The minimum Gasteiger partial charge on any atom is -0.340 e. The summed E-state index contributed by atoms with van der Waals surface area (Å²) in [5.41, 5.74) is 1.16. The minimum atomic E-state index is -4.59. The molecule has 3 rings (SSSR count). The highest BCUT2D eigenvalue weighted by atomic mass is 35.5. The van der Waals surface area contributed by atoms with Gasteiger partial charge in [-0.2, -0.15) is 18.2 Å². The molecular weight excluding hydrogens is 365 g/mol. The molecule has 26 heavy (non-hydrogen) atoms. The van der Waals surface area contributed by atoms with Crippen molar-refractivity contribution in [1.82, 2.24) is 9.97 Å². The molecule has 0 saturated carbocycles. The average Bonchev–Trinajstić information content (AvgIpc) is 2.56. The second-order valence-electron chi connectivity index (χ2n) is 5.58. The second-order valence-corrected chi connectivity index (χ2v) is 6.02. The summed E-state index contributed by atoms with van der Waals surface area (Å²) < 4.78 is 39.8. The fraction of sp³-hybridized carbons (Fsp3) is 0.111. The molecule has 4 nitrogen and oxygen atoms in total. The molecule has 0 aliphatic rings. The quantitative estimate of drug-likeness (QED) is 0.589. The van der Waals surface area contributed by atoms with E-state index in [1.807, 2.05) is 19.1 Å². The van der Waals surface area contributed by atoms with Crippen molar-refractivity contribution in [3.8, 4) is 0 Å². The van der Waals surface area contributed by atoms with E-state index in [0.29, 0.717) is 16.4 Å². The summed E-state index contributed by atoms with van der Waals surface area (Å²) in [6.45, 7) is 1.94. The van der Waals surface area contributed by atoms with Gasteiger partial charge in [0.1, 0.15) is 11.4 Å². The summed E-state index contributed by atoms with van der Waals surface area (Å²) in [6, 6.07) is 13.7. The SMILES string of the molecule is Cc1ccc(Nc2ncc(C(F)(F)F)c(Nc3cccc(Cl)c3)n2)cc1. The Hall–Kier alpha value is -2.80. The number of benzene rings is 2. The zero-order valence-corrected chi connectivity index (χ0v) is 14.4. The lowest BCUT2D eigenvalue weighted by atomic mass is 10.2. The molecule has 0 aliphatic carbocycles. The van der Waals surface area contributed by atoms with E-state index in [1.165, 1.54) is 6.07 Å². The number of nitrogens with one attached hydrogen (secondary N) is 2. The van der Waals surface area contributed by atoms with Crippen LogP contribution in [0.4, 0.5) is 36.3 Å². The number of nitrogens with zero attached hydrogens (tertiary/aromatic N) is 2. The molecule has 0 unspecified atom stereocenters. The normalized spacial score (nSPS) is 11.3. The van der Waals surface area contributed by atoms with Crippen LogP contribution in [0.15, 0.2) is 54.7 Å². The highest BCUT2D eigenvalue weighted by Crippen LogP contribution is 2.35. The molecule has 134 valence electrons. The Labute approximate surface area is 153 Å². The van der Waals surface area contributed by atoms with Crippen LogP contribution in [0.25, 0.3) is 0 Å². The Morgan fingerprint density at radius 1 is 0.962 bits per heavy atom. The predicted octanol–water partition coefficient (Wildman–Crippen LogP) is 5.94. The number of hydrogen-bond donors (Lipinski definition) is 2. The molecule has 2 N–H and O–H groups in total. The molecule has 0 fully saturated rings. The van der Waals surface area contributed by atoms with Crippen LogP contribution >= 0.6 is 11.6 Å². The van der Waals surface area contributed by atoms with E-state index in [1.54, 1.807) is 30.3 Å². The largest absolute Gasteiger partial charge is 0.421 e. The molecule has 0 saturated heterocycles. The predicted molar refractivity (Wildman–Crippen MR) is 96.2 cm³/mol. The van der Waals surface area contributed by atoms with Crippen molar-refractivity contribution in [3.63, 3.8) is 0 Å². The van der Waals surface area contributed by atoms with Crippen molar-refractivity contribution in [2.24, 2.45) is 0 Å². The fourth-order valence-electron chi connectivity index (χ4n) is 2.21. The summed E-state index contributed by atoms with van der Waals surface area (Å²) in [5.74, 6) is -0.309. The Kier molecular flexibility index (Phi) is 4.99. The van der Waals surface area contributed by atoms with Gasteiger partial charge in [-0.3, -0.25) is 0 Å². The standard InChI is InChI=1S/C18H14ClF3N4/c1-11-5-7-13(8-6-11)25-17-23-10-15(18(20,21)22)16(26-17)24-14-4-2-3-12(19)9-14/h2-10H,1H3,(H2,23,24,25,26). The number of halogens is 4. The Morgan fingerprint density at radius 3 is 2.35 bits per heavy atom. The lowest BCUT2D eigenvalue weighted by Gasteiger charge is -2.15. The van der Waals surface area contributed by atoms with E-state index in [9.17, 15) is 13.2 Å². The molecule has 8 heteroatoms. The molecule has 1 heterocycles. The summed E-state index contributed by atoms with van der Waals surface area (Å²) >= 11 is 5.88. The summed E-state index contributed by atoms with van der Waals surface area (Å²) in [5, 5.41) is 5.95. The molecule has 0 spiro atoms. The first-order valence-corrected chi connectivity index (χ1v) is 7.99. The van der Waals surface area contributed by atoms with Gasteiger partial charge in [0.05, 0.1) is 0 Å². The van der Waals surface area contributed by atoms with Crippen molar-refractivity contribution >= 4 is 34.7 Å². The van der Waals surface area contributed by atoms with Gasteiger partial charge < -0.3 is 10.6 Å². The number of anilines is 4. The highest BCUT2D eigenvalue weighted by molar-refractivity contribution is 6.30. The van der Waals surface area contributed by atoms with E-state index in [-0.39, 0.29) is 11.8 Å². The smallest absolute Gasteiger partial charge is 0.340 e. The topological polar surface area (TPSA) is 49.8 Å². The Morgan fingerprint density at radius 2 is 1.69 bits per heavy atom. The second kappa shape index (κ2) is 7.21. The zero-order chi connectivity index (χ0) is 18.7. The molecule has 0 atom stereocenters. The Balaban J connectivity index is 1.94. The maximum Gasteiger partial charge on any atom is 0.421 e. The molecule has 0 bridgehead atoms. The van der Waals surface area contributed by atoms with E-state index in [4.69, 9.17) is 11.6 Å². The van der Waals surface area contributed by atoms with Crippen LogP contribution in [0, 0.1) is 6.92 Å². The molecule has 2 aromatic carbocycles. The molecule has 3 aromatic rings. The summed E-state index contributed by atoms with van der Waals surface area (Å²) in [4.78, 5) is 7.76. The number of hydrogen-bond acceptors (Lipinski definition) is 4. The van der Waals surface area contributed by atoms with E-state index in [0.717, 1.165) is 11.8 Å². The van der Waals surface area contributed by atoms with Crippen molar-refractivity contribution in [2.45, 2.75) is 13.1 Å². The van der Waals surface area contributed by atoms with Gasteiger partial charge in [0.2, 0.25) is 5.95 Å². The number of alkyl halides is 3. The van der Waals surface area contributed by atoms with Gasteiger partial charge in [-0.05, 0) is 37.3 Å². The number of aromatic nitrogens is 2. The zero-order valence-electron chi connectivity index (χ0n) is 13.6. The van der Waals surface area contributed by atoms with E-state index < -0.39 is 11.7 Å². The maximum absolute atomic E-state index is 13.3. The van der Waals surface area contributed by atoms with Crippen LogP contribution in [0.5, 0.6) is 0 Å². The first-order valence-electron chi connectivity index (χ1n) is 7.62. The first kappa shape index (κ1) is 18.0. The van der Waals surface area contributed by atoms with Gasteiger partial charge in [0, 0.05) is 22.6 Å². The number of aryl methyl sites for hydroxylation is 1. The summed E-state index contributed by atoms with van der Waals surface area (Å²) in [7, 11) is 0. The Bertz CT molecular complexity index is 911. The van der Waals surface area contributed by atoms with Gasteiger partial charge in [-0.1, -0.05) is 35.4 Å². The average molecular weight is 379 g/mol. The van der Waals surface area contributed by atoms with Gasteiger partial charge in [0.15, 0.2) is 0 Å². The minimum absolute atomic E-state index is 0.0476. The first-order chi connectivity index (χ1) is 12.3. The van der Waals surface area contributed by atoms with Crippen molar-refractivity contribution in [1.29, 1.82) is 0 Å². The molecular formula is C18H14ClF3N4. The van der Waals surface area contributed by atoms with Gasteiger partial charge >= 0.3 is 6.18 Å². The third-order valence-corrected chi connectivity index (χ3v) is 3.72. The van der Waals surface area contributed by atoms with Crippen LogP contribution in [0.3, 0.4) is 0 Å². The molecule has 0 aliphatic heterocycles. The third kappa shape index (κ3) is 4.43. The molecule has 0 amide bonds. The van der Waals surface area contributed by atoms with Crippen LogP contribution < -0.4 is 10.6 Å². The van der Waals surface area contributed by atoms with Gasteiger partial charge in [-0.15, -0.1) is 0 Å². The maximum atomic E-state index is 13.3.